The van der Waals surface area contributed by atoms with Crippen molar-refractivity contribution in [3.8, 4) is 6.07 Å². The number of hydrogen-bond acceptors (Lipinski definition) is 6. The summed E-state index contributed by atoms with van der Waals surface area (Å²) in [5, 5.41) is 14.4. The fraction of sp³-hybridized carbons (Fsp3) is 0.412. The molecule has 2 aromatic rings. The number of nitrogens with zero attached hydrogens (tertiary/aromatic N) is 3. The van der Waals surface area contributed by atoms with Crippen LogP contribution in [0.25, 0.3) is 11.2 Å². The van der Waals surface area contributed by atoms with Gasteiger partial charge in [0.2, 0.25) is 11.8 Å². The van der Waals surface area contributed by atoms with E-state index >= 15 is 0 Å². The van der Waals surface area contributed by atoms with Crippen molar-refractivity contribution in [2.75, 3.05) is 6.54 Å². The molecule has 134 valence electrons. The number of aromatic amines is 1. The van der Waals surface area contributed by atoms with E-state index in [4.69, 9.17) is 0 Å². The topological polar surface area (TPSA) is 141 Å². The maximum atomic E-state index is 12.2. The van der Waals surface area contributed by atoms with Gasteiger partial charge < -0.3 is 15.6 Å². The zero-order valence-electron chi connectivity index (χ0n) is 14.0. The molecule has 1 saturated heterocycles. The van der Waals surface area contributed by atoms with Gasteiger partial charge in [-0.25, -0.2) is 9.97 Å². The lowest BCUT2D eigenvalue weighted by Crippen LogP contribution is -2.36. The fourth-order valence-electron chi connectivity index (χ4n) is 2.89. The van der Waals surface area contributed by atoms with Crippen molar-refractivity contribution in [1.29, 1.82) is 5.26 Å². The number of fused-ring (bicyclic) bond motifs is 1. The molecule has 2 atom stereocenters. The van der Waals surface area contributed by atoms with Crippen molar-refractivity contribution < 1.29 is 14.4 Å². The van der Waals surface area contributed by atoms with Crippen LogP contribution in [-0.4, -0.2) is 45.1 Å². The molecule has 0 aliphatic carbocycles. The molecule has 3 rings (SSSR count). The van der Waals surface area contributed by atoms with Crippen molar-refractivity contribution in [1.82, 2.24) is 25.6 Å². The molecule has 0 bridgehead atoms. The number of H-pyrrole nitrogens is 1. The van der Waals surface area contributed by atoms with Gasteiger partial charge in [0.1, 0.15) is 6.04 Å². The molecule has 1 aliphatic heterocycles. The normalized spacial score (nSPS) is 17.5. The van der Waals surface area contributed by atoms with Crippen LogP contribution in [0.2, 0.25) is 0 Å². The second kappa shape index (κ2) is 7.74. The summed E-state index contributed by atoms with van der Waals surface area (Å²) in [6.45, 7) is 0.594. The standard InChI is InChI=1S/C17H18N6O3/c18-9-11(8-10-5-7-20-17(10)26)21-14(25)4-3-13(24)16-22-12-2-1-6-19-15(12)23-16/h1-2,6,10-11H,3-5,7-8H2,(H,20,26)(H,21,25)(H,19,22,23)/t10-,11-/m0/s1. The van der Waals surface area contributed by atoms with Gasteiger partial charge in [-0.3, -0.25) is 14.4 Å². The van der Waals surface area contributed by atoms with Crippen LogP contribution < -0.4 is 10.6 Å². The molecule has 3 heterocycles. The zero-order valence-corrected chi connectivity index (χ0v) is 14.0. The first kappa shape index (κ1) is 17.5. The Morgan fingerprint density at radius 1 is 1.42 bits per heavy atom. The lowest BCUT2D eigenvalue weighted by molar-refractivity contribution is -0.124. The van der Waals surface area contributed by atoms with Gasteiger partial charge in [0.15, 0.2) is 17.3 Å². The molecule has 0 saturated carbocycles. The summed E-state index contributed by atoms with van der Waals surface area (Å²) in [4.78, 5) is 46.8. The molecule has 0 spiro atoms. The summed E-state index contributed by atoms with van der Waals surface area (Å²) in [7, 11) is 0. The summed E-state index contributed by atoms with van der Waals surface area (Å²) in [6.07, 6.45) is 2.42. The van der Waals surface area contributed by atoms with Gasteiger partial charge in [-0.05, 0) is 25.0 Å². The summed E-state index contributed by atoms with van der Waals surface area (Å²) >= 11 is 0. The maximum Gasteiger partial charge on any atom is 0.223 e. The van der Waals surface area contributed by atoms with Gasteiger partial charge in [-0.2, -0.15) is 5.26 Å². The number of ketones is 1. The maximum absolute atomic E-state index is 12.2. The second-order valence-electron chi connectivity index (χ2n) is 6.14. The third kappa shape index (κ3) is 4.03. The highest BCUT2D eigenvalue weighted by atomic mass is 16.2. The number of Topliss-reactive ketones (excluding diaryl/α,β-unsaturated/α-hetero) is 1. The van der Waals surface area contributed by atoms with Gasteiger partial charge in [0.05, 0.1) is 11.6 Å². The van der Waals surface area contributed by atoms with E-state index in [0.29, 0.717) is 24.1 Å². The van der Waals surface area contributed by atoms with E-state index in [1.54, 1.807) is 18.3 Å². The minimum Gasteiger partial charge on any atom is -0.356 e. The SMILES string of the molecule is N#C[C@H](C[C@@H]1CCNC1=O)NC(=O)CCC(=O)c1nc2ncccc2[nH]1. The fourth-order valence-corrected chi connectivity index (χ4v) is 2.89. The number of carbonyl (C=O) groups excluding carboxylic acids is 3. The minimum atomic E-state index is -0.748. The number of carbonyl (C=O) groups is 3. The lowest BCUT2D eigenvalue weighted by Gasteiger charge is -2.14. The van der Waals surface area contributed by atoms with Crippen molar-refractivity contribution >= 4 is 28.8 Å². The van der Waals surface area contributed by atoms with Crippen LogP contribution in [0, 0.1) is 17.2 Å². The van der Waals surface area contributed by atoms with E-state index in [-0.39, 0.29) is 42.7 Å². The van der Waals surface area contributed by atoms with E-state index in [0.717, 1.165) is 0 Å². The van der Waals surface area contributed by atoms with Crippen molar-refractivity contribution in [3.63, 3.8) is 0 Å². The number of nitrogens with one attached hydrogen (secondary N) is 3. The average molecular weight is 354 g/mol. The van der Waals surface area contributed by atoms with Crippen molar-refractivity contribution in [2.24, 2.45) is 5.92 Å². The Hall–Kier alpha value is -3.28. The summed E-state index contributed by atoms with van der Waals surface area (Å²) in [5.41, 5.74) is 1.10. The van der Waals surface area contributed by atoms with E-state index in [1.807, 2.05) is 6.07 Å². The molecule has 0 unspecified atom stereocenters. The first-order valence-corrected chi connectivity index (χ1v) is 8.37. The largest absolute Gasteiger partial charge is 0.356 e. The van der Waals surface area contributed by atoms with E-state index in [9.17, 15) is 19.6 Å². The van der Waals surface area contributed by atoms with Crippen molar-refractivity contribution in [2.45, 2.75) is 31.7 Å². The van der Waals surface area contributed by atoms with Crippen LogP contribution in [0.5, 0.6) is 0 Å². The van der Waals surface area contributed by atoms with E-state index < -0.39 is 11.9 Å². The first-order valence-electron chi connectivity index (χ1n) is 8.37. The van der Waals surface area contributed by atoms with Crippen molar-refractivity contribution in [3.05, 3.63) is 24.2 Å². The number of aromatic nitrogens is 3. The first-order chi connectivity index (χ1) is 12.6. The summed E-state index contributed by atoms with van der Waals surface area (Å²) in [6, 6.07) is 4.74. The van der Waals surface area contributed by atoms with Crippen LogP contribution in [0.15, 0.2) is 18.3 Å². The summed E-state index contributed by atoms with van der Waals surface area (Å²) < 4.78 is 0. The number of imidazole rings is 1. The van der Waals surface area contributed by atoms with E-state index in [2.05, 4.69) is 25.6 Å². The monoisotopic (exact) mass is 354 g/mol. The zero-order chi connectivity index (χ0) is 18.5. The third-order valence-electron chi connectivity index (χ3n) is 4.27. The van der Waals surface area contributed by atoms with Crippen LogP contribution in [0.4, 0.5) is 0 Å². The van der Waals surface area contributed by atoms with Crippen LogP contribution in [0.1, 0.15) is 36.3 Å². The Labute approximate surface area is 149 Å². The van der Waals surface area contributed by atoms with Gasteiger partial charge in [-0.1, -0.05) is 0 Å². The Kier molecular flexibility index (Phi) is 5.22. The molecule has 0 aromatic carbocycles. The molecule has 3 N–H and O–H groups in total. The number of amides is 2. The predicted molar refractivity (Wildman–Crippen MR) is 90.7 cm³/mol. The van der Waals surface area contributed by atoms with Gasteiger partial charge in [0, 0.05) is 31.5 Å². The molecule has 1 fully saturated rings. The van der Waals surface area contributed by atoms with Gasteiger partial charge in [-0.15, -0.1) is 0 Å². The van der Waals surface area contributed by atoms with Gasteiger partial charge >= 0.3 is 0 Å². The van der Waals surface area contributed by atoms with Gasteiger partial charge in [0.25, 0.3) is 0 Å². The summed E-state index contributed by atoms with van der Waals surface area (Å²) in [5.74, 6) is -0.900. The molecule has 9 heteroatoms. The second-order valence-corrected chi connectivity index (χ2v) is 6.14. The Bertz CT molecular complexity index is 851. The highest BCUT2D eigenvalue weighted by Crippen LogP contribution is 2.16. The predicted octanol–water partition coefficient (Wildman–Crippen LogP) is 0.455. The van der Waals surface area contributed by atoms with E-state index in [1.165, 1.54) is 0 Å². The molecule has 1 aliphatic rings. The number of nitriles is 1. The van der Waals surface area contributed by atoms with Crippen LogP contribution in [0.3, 0.4) is 0 Å². The highest BCUT2D eigenvalue weighted by Gasteiger charge is 2.28. The molecular weight excluding hydrogens is 336 g/mol. The molecule has 0 radical (unpaired) electrons. The molecule has 9 nitrogen and oxygen atoms in total. The highest BCUT2D eigenvalue weighted by molar-refractivity contribution is 5.97. The van der Waals surface area contributed by atoms with Crippen LogP contribution in [-0.2, 0) is 9.59 Å². The smallest absolute Gasteiger partial charge is 0.223 e. The molecule has 2 aromatic heterocycles. The number of hydrogen-bond donors (Lipinski definition) is 3. The van der Waals surface area contributed by atoms with Crippen LogP contribution >= 0.6 is 0 Å². The lowest BCUT2D eigenvalue weighted by atomic mass is 9.99. The minimum absolute atomic E-state index is 0.0340. The molecular formula is C17H18N6O3. The quantitative estimate of drug-likeness (QED) is 0.617. The number of rotatable bonds is 7. The number of pyridine rings is 1. The Morgan fingerprint density at radius 2 is 2.27 bits per heavy atom. The third-order valence-corrected chi connectivity index (χ3v) is 4.27. The molecule has 26 heavy (non-hydrogen) atoms. The Morgan fingerprint density at radius 3 is 2.96 bits per heavy atom. The molecule has 2 amide bonds. The average Bonchev–Trinajstić information content (AvgIpc) is 3.25. The Balaban J connectivity index is 1.50.